The molecular formula is C11H12Cl2O. The number of phenols is 1. The lowest BCUT2D eigenvalue weighted by Gasteiger charge is -2.13. The van der Waals surface area contributed by atoms with Gasteiger partial charge in [-0.15, -0.1) is 6.58 Å². The fraction of sp³-hybridized carbons (Fsp3) is 0.273. The lowest BCUT2D eigenvalue weighted by molar-refractivity contribution is 0.469. The van der Waals surface area contributed by atoms with Crippen LogP contribution in [0.4, 0.5) is 0 Å². The minimum atomic E-state index is 0.117. The fourth-order valence-corrected chi connectivity index (χ4v) is 1.86. The van der Waals surface area contributed by atoms with Gasteiger partial charge >= 0.3 is 0 Å². The maximum Gasteiger partial charge on any atom is 0.138 e. The Hall–Kier alpha value is -0.660. The summed E-state index contributed by atoms with van der Waals surface area (Å²) in [6.45, 7) is 7.27. The van der Waals surface area contributed by atoms with Crippen LogP contribution in [0.2, 0.25) is 10.0 Å². The quantitative estimate of drug-likeness (QED) is 0.761. The maximum absolute atomic E-state index is 9.78. The fourth-order valence-electron chi connectivity index (χ4n) is 1.39. The first-order valence-corrected chi connectivity index (χ1v) is 5.03. The third-order valence-corrected chi connectivity index (χ3v) is 3.31. The molecular weight excluding hydrogens is 219 g/mol. The Bertz CT molecular complexity index is 354. The van der Waals surface area contributed by atoms with Crippen LogP contribution in [0.15, 0.2) is 12.7 Å². The lowest BCUT2D eigenvalue weighted by Crippen LogP contribution is -1.93. The van der Waals surface area contributed by atoms with Crippen LogP contribution in [-0.2, 0) is 6.42 Å². The van der Waals surface area contributed by atoms with Crippen molar-refractivity contribution in [3.05, 3.63) is 39.4 Å². The molecule has 0 aliphatic carbocycles. The first kappa shape index (κ1) is 11.4. The number of aromatic hydroxyl groups is 1. The molecule has 0 amide bonds. The Morgan fingerprint density at radius 3 is 2.29 bits per heavy atom. The van der Waals surface area contributed by atoms with Gasteiger partial charge in [0.25, 0.3) is 0 Å². The molecule has 76 valence electrons. The Morgan fingerprint density at radius 2 is 1.79 bits per heavy atom. The van der Waals surface area contributed by atoms with E-state index in [9.17, 15) is 5.11 Å². The zero-order chi connectivity index (χ0) is 10.9. The van der Waals surface area contributed by atoms with Crippen molar-refractivity contribution in [1.82, 2.24) is 0 Å². The van der Waals surface area contributed by atoms with E-state index in [1.54, 1.807) is 13.0 Å². The second-order valence-corrected chi connectivity index (χ2v) is 3.95. The molecule has 3 heteroatoms. The van der Waals surface area contributed by atoms with Gasteiger partial charge in [-0.2, -0.15) is 0 Å². The maximum atomic E-state index is 9.78. The monoisotopic (exact) mass is 230 g/mol. The Kier molecular flexibility index (Phi) is 3.46. The SMILES string of the molecule is C=CCc1c(C)c(Cl)c(C)c(Cl)c1O. The molecule has 1 aromatic carbocycles. The van der Waals surface area contributed by atoms with Gasteiger partial charge in [-0.3, -0.25) is 0 Å². The predicted molar refractivity (Wildman–Crippen MR) is 61.5 cm³/mol. The Balaban J connectivity index is 3.50. The average Bonchev–Trinajstić information content (AvgIpc) is 2.19. The van der Waals surface area contributed by atoms with E-state index in [-0.39, 0.29) is 5.75 Å². The number of rotatable bonds is 2. The highest BCUT2D eigenvalue weighted by Crippen LogP contribution is 2.39. The van der Waals surface area contributed by atoms with E-state index in [1.165, 1.54) is 0 Å². The zero-order valence-corrected chi connectivity index (χ0v) is 9.71. The third-order valence-electron chi connectivity index (χ3n) is 2.28. The van der Waals surface area contributed by atoms with Crippen LogP contribution in [0, 0.1) is 13.8 Å². The Labute approximate surface area is 94.0 Å². The molecule has 1 rings (SSSR count). The van der Waals surface area contributed by atoms with Crippen molar-refractivity contribution in [3.63, 3.8) is 0 Å². The molecule has 0 bridgehead atoms. The molecule has 0 radical (unpaired) electrons. The number of halogens is 2. The van der Waals surface area contributed by atoms with Gasteiger partial charge in [0.1, 0.15) is 5.75 Å². The molecule has 1 nitrogen and oxygen atoms in total. The van der Waals surface area contributed by atoms with Crippen molar-refractivity contribution in [3.8, 4) is 5.75 Å². The van der Waals surface area contributed by atoms with E-state index in [0.717, 1.165) is 16.7 Å². The molecule has 0 unspecified atom stereocenters. The van der Waals surface area contributed by atoms with Crippen LogP contribution < -0.4 is 0 Å². The predicted octanol–water partition coefficient (Wildman–Crippen LogP) is 4.04. The molecule has 0 aliphatic heterocycles. The van der Waals surface area contributed by atoms with Gasteiger partial charge in [0.05, 0.1) is 5.02 Å². The number of phenolic OH excluding ortho intramolecular Hbond substituents is 1. The van der Waals surface area contributed by atoms with E-state index in [0.29, 0.717) is 16.5 Å². The van der Waals surface area contributed by atoms with Gasteiger partial charge in [-0.1, -0.05) is 29.3 Å². The Morgan fingerprint density at radius 1 is 1.21 bits per heavy atom. The number of allylic oxidation sites excluding steroid dienone is 1. The molecule has 0 fully saturated rings. The summed E-state index contributed by atoms with van der Waals surface area (Å²) in [6.07, 6.45) is 2.28. The summed E-state index contributed by atoms with van der Waals surface area (Å²) < 4.78 is 0. The summed E-state index contributed by atoms with van der Waals surface area (Å²) in [6, 6.07) is 0. The van der Waals surface area contributed by atoms with Crippen molar-refractivity contribution in [2.24, 2.45) is 0 Å². The summed E-state index contributed by atoms with van der Waals surface area (Å²) >= 11 is 12.0. The van der Waals surface area contributed by atoms with Gasteiger partial charge < -0.3 is 5.11 Å². The van der Waals surface area contributed by atoms with Gasteiger partial charge in [0.2, 0.25) is 0 Å². The number of hydrogen-bond acceptors (Lipinski definition) is 1. The van der Waals surface area contributed by atoms with Gasteiger partial charge in [0, 0.05) is 10.6 Å². The van der Waals surface area contributed by atoms with Crippen LogP contribution >= 0.6 is 23.2 Å². The molecule has 0 saturated carbocycles. The molecule has 0 aliphatic rings. The molecule has 0 aromatic heterocycles. The highest BCUT2D eigenvalue weighted by Gasteiger charge is 2.15. The van der Waals surface area contributed by atoms with E-state index in [2.05, 4.69) is 6.58 Å². The van der Waals surface area contributed by atoms with Gasteiger partial charge in [-0.25, -0.2) is 0 Å². The smallest absolute Gasteiger partial charge is 0.138 e. The number of hydrogen-bond donors (Lipinski definition) is 1. The van der Waals surface area contributed by atoms with Crippen molar-refractivity contribution in [2.45, 2.75) is 20.3 Å². The third kappa shape index (κ3) is 1.75. The minimum absolute atomic E-state index is 0.117. The minimum Gasteiger partial charge on any atom is -0.506 e. The molecule has 1 N–H and O–H groups in total. The van der Waals surface area contributed by atoms with E-state index < -0.39 is 0 Å². The largest absolute Gasteiger partial charge is 0.506 e. The molecule has 0 spiro atoms. The molecule has 1 aromatic rings. The first-order chi connectivity index (χ1) is 6.50. The summed E-state index contributed by atoms with van der Waals surface area (Å²) in [5, 5.41) is 10.7. The normalized spacial score (nSPS) is 10.3. The van der Waals surface area contributed by atoms with Crippen molar-refractivity contribution < 1.29 is 5.11 Å². The zero-order valence-electron chi connectivity index (χ0n) is 8.19. The van der Waals surface area contributed by atoms with Crippen LogP contribution in [0.5, 0.6) is 5.75 Å². The molecule has 14 heavy (non-hydrogen) atoms. The highest BCUT2D eigenvalue weighted by atomic mass is 35.5. The van der Waals surface area contributed by atoms with Gasteiger partial charge in [0.15, 0.2) is 0 Å². The van der Waals surface area contributed by atoms with Crippen molar-refractivity contribution in [2.75, 3.05) is 0 Å². The van der Waals surface area contributed by atoms with Crippen molar-refractivity contribution >= 4 is 23.2 Å². The van der Waals surface area contributed by atoms with Crippen molar-refractivity contribution in [1.29, 1.82) is 0 Å². The van der Waals surface area contributed by atoms with Crippen LogP contribution in [0.25, 0.3) is 0 Å². The first-order valence-electron chi connectivity index (χ1n) is 4.27. The highest BCUT2D eigenvalue weighted by molar-refractivity contribution is 6.37. The van der Waals surface area contributed by atoms with Crippen LogP contribution in [0.3, 0.4) is 0 Å². The summed E-state index contributed by atoms with van der Waals surface area (Å²) in [5.41, 5.74) is 2.34. The summed E-state index contributed by atoms with van der Waals surface area (Å²) in [7, 11) is 0. The standard InChI is InChI=1S/C11H12Cl2O/c1-4-5-8-6(2)9(12)7(3)10(13)11(8)14/h4,14H,1,5H2,2-3H3. The summed E-state index contributed by atoms with van der Waals surface area (Å²) in [5.74, 6) is 0.117. The van der Waals surface area contributed by atoms with E-state index in [4.69, 9.17) is 23.2 Å². The molecule has 0 saturated heterocycles. The molecule has 0 heterocycles. The number of benzene rings is 1. The topological polar surface area (TPSA) is 20.2 Å². The summed E-state index contributed by atoms with van der Waals surface area (Å²) in [4.78, 5) is 0. The van der Waals surface area contributed by atoms with E-state index in [1.807, 2.05) is 6.92 Å². The lowest BCUT2D eigenvalue weighted by atomic mass is 10.0. The second kappa shape index (κ2) is 4.24. The van der Waals surface area contributed by atoms with Crippen LogP contribution in [0.1, 0.15) is 16.7 Å². The second-order valence-electron chi connectivity index (χ2n) is 3.20. The molecule has 0 atom stereocenters. The van der Waals surface area contributed by atoms with E-state index >= 15 is 0 Å². The van der Waals surface area contributed by atoms with Gasteiger partial charge in [-0.05, 0) is 31.4 Å². The van der Waals surface area contributed by atoms with Crippen LogP contribution in [-0.4, -0.2) is 5.11 Å². The average molecular weight is 231 g/mol.